The van der Waals surface area contributed by atoms with Crippen LogP contribution in [0.2, 0.25) is 0 Å². The van der Waals surface area contributed by atoms with E-state index in [1.54, 1.807) is 24.3 Å². The number of amides is 1. The summed E-state index contributed by atoms with van der Waals surface area (Å²) in [7, 11) is -3.48. The van der Waals surface area contributed by atoms with Crippen LogP contribution in [0.1, 0.15) is 42.4 Å². The highest BCUT2D eigenvalue weighted by molar-refractivity contribution is 7.90. The van der Waals surface area contributed by atoms with E-state index in [-0.39, 0.29) is 10.8 Å². The summed E-state index contributed by atoms with van der Waals surface area (Å²) >= 11 is 0. The number of nitrogens with one attached hydrogen (secondary N) is 2. The van der Waals surface area contributed by atoms with Gasteiger partial charge >= 0.3 is 0 Å². The lowest BCUT2D eigenvalue weighted by molar-refractivity contribution is -0.116. The fraction of sp³-hybridized carbons (Fsp3) is 0.333. The number of amidine groups is 1. The number of aliphatic imine (C=N–C) groups is 1. The number of sulfonamides is 1. The number of carbonyl (C=O) groups is 1. The van der Waals surface area contributed by atoms with Crippen LogP contribution in [0.5, 0.6) is 0 Å². The Kier molecular flexibility index (Phi) is 6.14. The van der Waals surface area contributed by atoms with Crippen molar-refractivity contribution in [3.63, 3.8) is 0 Å². The molecule has 0 radical (unpaired) electrons. The van der Waals surface area contributed by atoms with Crippen LogP contribution in [-0.2, 0) is 14.8 Å². The summed E-state index contributed by atoms with van der Waals surface area (Å²) in [6.07, 6.45) is 2.87. The van der Waals surface area contributed by atoms with E-state index in [9.17, 15) is 13.2 Å². The van der Waals surface area contributed by atoms with Crippen LogP contribution >= 0.6 is 0 Å². The van der Waals surface area contributed by atoms with Crippen molar-refractivity contribution in [2.24, 2.45) is 4.99 Å². The Labute approximate surface area is 166 Å². The minimum Gasteiger partial charge on any atom is -0.326 e. The van der Waals surface area contributed by atoms with E-state index in [0.29, 0.717) is 24.4 Å². The third-order valence-corrected chi connectivity index (χ3v) is 6.18. The first-order chi connectivity index (χ1) is 13.4. The molecule has 0 spiro atoms. The summed E-state index contributed by atoms with van der Waals surface area (Å²) in [5.74, 6) is 0.412. The smallest absolute Gasteiger partial charge is 0.263 e. The Hall–Kier alpha value is -2.67. The van der Waals surface area contributed by atoms with Gasteiger partial charge in [0.25, 0.3) is 10.0 Å². The maximum absolute atomic E-state index is 12.0. The summed E-state index contributed by atoms with van der Waals surface area (Å²) < 4.78 is 26.6. The average Bonchev–Trinajstić information content (AvgIpc) is 2.92. The average molecular weight is 400 g/mol. The lowest BCUT2D eigenvalue weighted by Crippen LogP contribution is -2.22. The lowest BCUT2D eigenvalue weighted by Gasteiger charge is -2.07. The Bertz CT molecular complexity index is 1010. The largest absolute Gasteiger partial charge is 0.326 e. The van der Waals surface area contributed by atoms with Crippen molar-refractivity contribution in [2.45, 2.75) is 44.4 Å². The molecule has 28 heavy (non-hydrogen) atoms. The van der Waals surface area contributed by atoms with Crippen LogP contribution in [0.3, 0.4) is 0 Å². The van der Waals surface area contributed by atoms with Gasteiger partial charge in [0.1, 0.15) is 5.84 Å². The van der Waals surface area contributed by atoms with Crippen molar-refractivity contribution in [1.82, 2.24) is 4.72 Å². The minimum atomic E-state index is -3.48. The maximum Gasteiger partial charge on any atom is 0.263 e. The number of anilines is 1. The van der Waals surface area contributed by atoms with Gasteiger partial charge in [-0.1, -0.05) is 24.6 Å². The fourth-order valence-electron chi connectivity index (χ4n) is 3.06. The zero-order chi connectivity index (χ0) is 20.1. The number of aryl methyl sites for hydroxylation is 2. The van der Waals surface area contributed by atoms with Crippen LogP contribution in [0.25, 0.3) is 0 Å². The Morgan fingerprint density at radius 2 is 1.82 bits per heavy atom. The molecule has 0 bridgehead atoms. The Balaban J connectivity index is 1.41. The van der Waals surface area contributed by atoms with Gasteiger partial charge in [-0.15, -0.1) is 0 Å². The second-order valence-corrected chi connectivity index (χ2v) is 8.64. The molecule has 3 rings (SSSR count). The summed E-state index contributed by atoms with van der Waals surface area (Å²) in [4.78, 5) is 16.7. The van der Waals surface area contributed by atoms with Crippen LogP contribution in [0.15, 0.2) is 52.4 Å². The number of hydrogen-bond acceptors (Lipinski definition) is 4. The Morgan fingerprint density at radius 1 is 1.04 bits per heavy atom. The molecule has 6 nitrogen and oxygen atoms in total. The summed E-state index contributed by atoms with van der Waals surface area (Å²) in [6.45, 7) is 4.58. The van der Waals surface area contributed by atoms with Crippen molar-refractivity contribution in [3.05, 3.63) is 59.2 Å². The number of hydrogen-bond donors (Lipinski definition) is 2. The fourth-order valence-corrected chi connectivity index (χ4v) is 4.31. The number of benzene rings is 2. The topological polar surface area (TPSA) is 87.6 Å². The van der Waals surface area contributed by atoms with Gasteiger partial charge in [0.15, 0.2) is 0 Å². The van der Waals surface area contributed by atoms with Crippen molar-refractivity contribution < 1.29 is 13.2 Å². The molecule has 0 aromatic heterocycles. The quantitative estimate of drug-likeness (QED) is 0.698. The van der Waals surface area contributed by atoms with Crippen LogP contribution in [-0.4, -0.2) is 26.7 Å². The standard InChI is InChI=1S/C21H25N3O3S/c1-15-11-12-17(14-16(15)2)23-20(25)10-4-3-7-13-22-21-18-8-5-6-9-19(18)28(26,27)24-21/h5-6,8-9,11-12,14H,3-4,7,10,13H2,1-2H3,(H,22,24)(H,23,25). The predicted octanol–water partition coefficient (Wildman–Crippen LogP) is 3.54. The van der Waals surface area contributed by atoms with Gasteiger partial charge in [0, 0.05) is 24.2 Å². The van der Waals surface area contributed by atoms with Gasteiger partial charge in [-0.3, -0.25) is 14.5 Å². The number of nitrogens with zero attached hydrogens (tertiary/aromatic N) is 1. The number of carbonyl (C=O) groups excluding carboxylic acids is 1. The molecule has 0 saturated heterocycles. The van der Waals surface area contributed by atoms with E-state index < -0.39 is 10.0 Å². The highest BCUT2D eigenvalue weighted by Gasteiger charge is 2.29. The van der Waals surface area contributed by atoms with E-state index in [4.69, 9.17) is 0 Å². The van der Waals surface area contributed by atoms with E-state index in [0.717, 1.165) is 30.5 Å². The van der Waals surface area contributed by atoms with Crippen LogP contribution < -0.4 is 10.0 Å². The highest BCUT2D eigenvalue weighted by Crippen LogP contribution is 2.22. The predicted molar refractivity (Wildman–Crippen MR) is 111 cm³/mol. The molecular formula is C21H25N3O3S. The van der Waals surface area contributed by atoms with Gasteiger partial charge < -0.3 is 5.32 Å². The van der Waals surface area contributed by atoms with Gasteiger partial charge in [-0.25, -0.2) is 8.42 Å². The lowest BCUT2D eigenvalue weighted by atomic mass is 10.1. The molecule has 0 fully saturated rings. The second kappa shape index (κ2) is 8.56. The molecule has 2 N–H and O–H groups in total. The normalized spacial score (nSPS) is 15.9. The van der Waals surface area contributed by atoms with Gasteiger partial charge in [-0.2, -0.15) is 0 Å². The van der Waals surface area contributed by atoms with E-state index in [2.05, 4.69) is 15.0 Å². The summed E-state index contributed by atoms with van der Waals surface area (Å²) in [5.41, 5.74) is 3.80. The molecule has 0 atom stereocenters. The van der Waals surface area contributed by atoms with Crippen molar-refractivity contribution in [2.75, 3.05) is 11.9 Å². The molecule has 148 valence electrons. The monoisotopic (exact) mass is 399 g/mol. The summed E-state index contributed by atoms with van der Waals surface area (Å²) in [6, 6.07) is 12.7. The molecule has 2 aromatic carbocycles. The maximum atomic E-state index is 12.0. The number of unbranched alkanes of at least 4 members (excludes halogenated alkanes) is 2. The van der Waals surface area contributed by atoms with E-state index in [1.807, 2.05) is 32.0 Å². The molecule has 1 amide bonds. The van der Waals surface area contributed by atoms with Gasteiger partial charge in [-0.05, 0) is 62.1 Å². The van der Waals surface area contributed by atoms with Crippen molar-refractivity contribution in [3.8, 4) is 0 Å². The second-order valence-electron chi connectivity index (χ2n) is 6.99. The number of rotatable bonds is 7. The van der Waals surface area contributed by atoms with Gasteiger partial charge in [0.2, 0.25) is 5.91 Å². The molecule has 7 heteroatoms. The molecule has 0 unspecified atom stereocenters. The number of fused-ring (bicyclic) bond motifs is 1. The van der Waals surface area contributed by atoms with Crippen molar-refractivity contribution in [1.29, 1.82) is 0 Å². The third-order valence-electron chi connectivity index (χ3n) is 4.79. The van der Waals surface area contributed by atoms with Crippen LogP contribution in [0, 0.1) is 13.8 Å². The molecule has 1 aliphatic heterocycles. The zero-order valence-electron chi connectivity index (χ0n) is 16.2. The van der Waals surface area contributed by atoms with Crippen molar-refractivity contribution >= 4 is 27.5 Å². The van der Waals surface area contributed by atoms with Crippen LogP contribution in [0.4, 0.5) is 5.69 Å². The molecule has 1 heterocycles. The van der Waals surface area contributed by atoms with E-state index >= 15 is 0 Å². The molecular weight excluding hydrogens is 374 g/mol. The first-order valence-corrected chi connectivity index (χ1v) is 10.9. The molecule has 1 aliphatic rings. The zero-order valence-corrected chi connectivity index (χ0v) is 17.0. The highest BCUT2D eigenvalue weighted by atomic mass is 32.2. The first-order valence-electron chi connectivity index (χ1n) is 9.40. The molecule has 0 aliphatic carbocycles. The first kappa shape index (κ1) is 20.1. The summed E-state index contributed by atoms with van der Waals surface area (Å²) in [5, 5.41) is 2.92. The minimum absolute atomic E-state index is 0.00653. The van der Waals surface area contributed by atoms with E-state index in [1.165, 1.54) is 5.56 Å². The SMILES string of the molecule is Cc1ccc(NC(=O)CCCCCN=C2NS(=O)(=O)c3ccccc32)cc1C. The Morgan fingerprint density at radius 3 is 2.61 bits per heavy atom. The molecule has 2 aromatic rings. The van der Waals surface area contributed by atoms with Gasteiger partial charge in [0.05, 0.1) is 4.90 Å². The molecule has 0 saturated carbocycles. The third kappa shape index (κ3) is 4.78.